The predicted molar refractivity (Wildman–Crippen MR) is 108 cm³/mol. The Labute approximate surface area is 166 Å². The van der Waals surface area contributed by atoms with Gasteiger partial charge in [0.1, 0.15) is 11.5 Å². The van der Waals surface area contributed by atoms with E-state index in [2.05, 4.69) is 10.0 Å². The summed E-state index contributed by atoms with van der Waals surface area (Å²) in [5, 5.41) is 2.70. The van der Waals surface area contributed by atoms with Crippen LogP contribution in [0.25, 0.3) is 0 Å². The van der Waals surface area contributed by atoms with Crippen molar-refractivity contribution in [3.05, 3.63) is 48.0 Å². The van der Waals surface area contributed by atoms with Gasteiger partial charge in [0.15, 0.2) is 0 Å². The molecular formula is C20H26N2O5S. The van der Waals surface area contributed by atoms with Gasteiger partial charge in [-0.1, -0.05) is 12.1 Å². The molecule has 1 atom stereocenters. The maximum Gasteiger partial charge on any atom is 0.242 e. The monoisotopic (exact) mass is 406 g/mol. The van der Waals surface area contributed by atoms with Crippen molar-refractivity contribution in [3.8, 4) is 11.5 Å². The molecule has 28 heavy (non-hydrogen) atoms. The topological polar surface area (TPSA) is 93.7 Å². The maximum absolute atomic E-state index is 12.6. The Morgan fingerprint density at radius 1 is 1.04 bits per heavy atom. The average Bonchev–Trinajstić information content (AvgIpc) is 2.65. The second-order valence-corrected chi connectivity index (χ2v) is 7.84. The van der Waals surface area contributed by atoms with E-state index in [-0.39, 0.29) is 4.90 Å². The largest absolute Gasteiger partial charge is 0.494 e. The summed E-state index contributed by atoms with van der Waals surface area (Å²) < 4.78 is 38.6. The molecule has 152 valence electrons. The van der Waals surface area contributed by atoms with Crippen molar-refractivity contribution in [2.45, 2.75) is 38.6 Å². The van der Waals surface area contributed by atoms with Crippen LogP contribution in [-0.4, -0.2) is 33.6 Å². The molecular weight excluding hydrogens is 380 g/mol. The molecule has 0 aliphatic carbocycles. The second-order valence-electron chi connectivity index (χ2n) is 6.12. The van der Waals surface area contributed by atoms with Crippen molar-refractivity contribution < 1.29 is 22.7 Å². The number of carbonyl (C=O) groups excluding carboxylic acids is 1. The minimum Gasteiger partial charge on any atom is -0.494 e. The van der Waals surface area contributed by atoms with Gasteiger partial charge in [0.25, 0.3) is 0 Å². The van der Waals surface area contributed by atoms with Gasteiger partial charge in [-0.05, 0) is 63.6 Å². The molecule has 0 saturated heterocycles. The smallest absolute Gasteiger partial charge is 0.242 e. The molecule has 0 aromatic heterocycles. The maximum atomic E-state index is 12.6. The number of sulfonamides is 1. The van der Waals surface area contributed by atoms with Crippen LogP contribution < -0.4 is 19.5 Å². The zero-order valence-corrected chi connectivity index (χ0v) is 17.3. The molecule has 0 aliphatic heterocycles. The fraction of sp³-hybridized carbons (Fsp3) is 0.350. The van der Waals surface area contributed by atoms with Crippen molar-refractivity contribution in [1.29, 1.82) is 0 Å². The summed E-state index contributed by atoms with van der Waals surface area (Å²) in [6.07, 6.45) is 0. The average molecular weight is 407 g/mol. The number of ether oxygens (including phenoxy) is 2. The van der Waals surface area contributed by atoms with Gasteiger partial charge < -0.3 is 14.8 Å². The number of hydrogen-bond donors (Lipinski definition) is 2. The lowest BCUT2D eigenvalue weighted by molar-refractivity contribution is -0.117. The molecule has 0 aliphatic rings. The molecule has 0 bridgehead atoms. The number of benzene rings is 2. The summed E-state index contributed by atoms with van der Waals surface area (Å²) in [5.74, 6) is 0.661. The first-order valence-electron chi connectivity index (χ1n) is 9.07. The molecule has 2 rings (SSSR count). The highest BCUT2D eigenvalue weighted by molar-refractivity contribution is 7.89. The van der Waals surface area contributed by atoms with Crippen LogP contribution in [-0.2, 0) is 14.8 Å². The van der Waals surface area contributed by atoms with Crippen molar-refractivity contribution in [1.82, 2.24) is 4.72 Å². The number of amides is 1. The highest BCUT2D eigenvalue weighted by Crippen LogP contribution is 2.24. The highest BCUT2D eigenvalue weighted by atomic mass is 32.2. The van der Waals surface area contributed by atoms with Gasteiger partial charge in [-0.2, -0.15) is 4.72 Å². The molecule has 2 N–H and O–H groups in total. The third kappa shape index (κ3) is 5.46. The Bertz CT molecular complexity index is 928. The van der Waals surface area contributed by atoms with E-state index in [4.69, 9.17) is 9.47 Å². The molecule has 2 aromatic carbocycles. The van der Waals surface area contributed by atoms with E-state index in [1.54, 1.807) is 37.3 Å². The van der Waals surface area contributed by atoms with Gasteiger partial charge in [0.05, 0.1) is 29.8 Å². The van der Waals surface area contributed by atoms with Gasteiger partial charge in [-0.15, -0.1) is 0 Å². The number of para-hydroxylation sites is 2. The van der Waals surface area contributed by atoms with Crippen LogP contribution in [0.5, 0.6) is 11.5 Å². The molecule has 0 spiro atoms. The van der Waals surface area contributed by atoms with Gasteiger partial charge in [0.2, 0.25) is 15.9 Å². The molecule has 0 heterocycles. The van der Waals surface area contributed by atoms with Crippen molar-refractivity contribution >= 4 is 21.6 Å². The summed E-state index contributed by atoms with van der Waals surface area (Å²) in [7, 11) is -3.87. The zero-order chi connectivity index (χ0) is 20.7. The number of rotatable bonds is 9. The Balaban J connectivity index is 2.11. The van der Waals surface area contributed by atoms with E-state index in [0.29, 0.717) is 36.0 Å². The number of hydrogen-bond acceptors (Lipinski definition) is 5. The first-order valence-corrected chi connectivity index (χ1v) is 10.5. The van der Waals surface area contributed by atoms with E-state index >= 15 is 0 Å². The van der Waals surface area contributed by atoms with Crippen LogP contribution in [0.4, 0.5) is 5.69 Å². The third-order valence-corrected chi connectivity index (χ3v) is 5.46. The van der Waals surface area contributed by atoms with Gasteiger partial charge in [-0.3, -0.25) is 4.79 Å². The molecule has 0 unspecified atom stereocenters. The summed E-state index contributed by atoms with van der Waals surface area (Å²) >= 11 is 0. The number of anilines is 1. The lowest BCUT2D eigenvalue weighted by atomic mass is 10.2. The Hall–Kier alpha value is -2.58. The molecule has 7 nitrogen and oxygen atoms in total. The first-order chi connectivity index (χ1) is 13.3. The van der Waals surface area contributed by atoms with Crippen molar-refractivity contribution in [3.63, 3.8) is 0 Å². The van der Waals surface area contributed by atoms with Crippen LogP contribution in [0.3, 0.4) is 0 Å². The van der Waals surface area contributed by atoms with Crippen molar-refractivity contribution in [2.75, 3.05) is 18.5 Å². The van der Waals surface area contributed by atoms with Gasteiger partial charge in [0, 0.05) is 0 Å². The van der Waals surface area contributed by atoms with E-state index in [9.17, 15) is 13.2 Å². The van der Waals surface area contributed by atoms with Crippen LogP contribution >= 0.6 is 0 Å². The summed E-state index contributed by atoms with van der Waals surface area (Å²) in [6, 6.07) is 10.6. The van der Waals surface area contributed by atoms with Crippen LogP contribution in [0.2, 0.25) is 0 Å². The SMILES string of the molecule is CCOc1ccc(S(=O)(=O)N[C@@H](C)C(=O)Nc2ccccc2OCC)cc1C. The van der Waals surface area contributed by atoms with Gasteiger partial charge in [-0.25, -0.2) is 8.42 Å². The summed E-state index contributed by atoms with van der Waals surface area (Å²) in [4.78, 5) is 12.5. The Kier molecular flexibility index (Phi) is 7.42. The Morgan fingerprint density at radius 2 is 1.68 bits per heavy atom. The second kappa shape index (κ2) is 9.57. The van der Waals surface area contributed by atoms with E-state index < -0.39 is 22.0 Å². The fourth-order valence-corrected chi connectivity index (χ4v) is 3.84. The zero-order valence-electron chi connectivity index (χ0n) is 16.5. The minimum atomic E-state index is -3.87. The van der Waals surface area contributed by atoms with E-state index in [0.717, 1.165) is 0 Å². The van der Waals surface area contributed by atoms with Crippen LogP contribution in [0, 0.1) is 6.92 Å². The molecule has 0 radical (unpaired) electrons. The minimum absolute atomic E-state index is 0.0721. The van der Waals surface area contributed by atoms with Gasteiger partial charge >= 0.3 is 0 Å². The van der Waals surface area contributed by atoms with Crippen molar-refractivity contribution in [2.24, 2.45) is 0 Å². The lowest BCUT2D eigenvalue weighted by Gasteiger charge is -2.17. The number of carbonyl (C=O) groups is 1. The third-order valence-electron chi connectivity index (χ3n) is 3.93. The van der Waals surface area contributed by atoms with E-state index in [1.807, 2.05) is 13.8 Å². The molecule has 8 heteroatoms. The molecule has 2 aromatic rings. The van der Waals surface area contributed by atoms with Crippen LogP contribution in [0.15, 0.2) is 47.4 Å². The summed E-state index contributed by atoms with van der Waals surface area (Å²) in [6.45, 7) is 7.89. The summed E-state index contributed by atoms with van der Waals surface area (Å²) in [5.41, 5.74) is 1.18. The number of aryl methyl sites for hydroxylation is 1. The molecule has 1 amide bonds. The molecule has 0 saturated carbocycles. The van der Waals surface area contributed by atoms with E-state index in [1.165, 1.54) is 19.1 Å². The standard InChI is InChI=1S/C20H26N2O5S/c1-5-26-18-12-11-16(13-14(18)3)28(24,25)22-15(4)20(23)21-17-9-7-8-10-19(17)27-6-2/h7-13,15,22H,5-6H2,1-4H3,(H,21,23)/t15-/m0/s1. The first kappa shape index (κ1) is 21.7. The van der Waals surface area contributed by atoms with Crippen LogP contribution in [0.1, 0.15) is 26.3 Å². The lowest BCUT2D eigenvalue weighted by Crippen LogP contribution is -2.41. The fourth-order valence-electron chi connectivity index (χ4n) is 2.55. The predicted octanol–water partition coefficient (Wildman–Crippen LogP) is 3.10. The number of nitrogens with one attached hydrogen (secondary N) is 2. The Morgan fingerprint density at radius 3 is 2.32 bits per heavy atom. The highest BCUT2D eigenvalue weighted by Gasteiger charge is 2.23. The normalized spacial score (nSPS) is 12.3. The quantitative estimate of drug-likeness (QED) is 0.667. The molecule has 0 fully saturated rings.